The van der Waals surface area contributed by atoms with Crippen LogP contribution in [0.25, 0.3) is 66.1 Å². The van der Waals surface area contributed by atoms with E-state index in [0.29, 0.717) is 0 Å². The van der Waals surface area contributed by atoms with E-state index in [1.165, 1.54) is 43.7 Å². The molecule has 0 unspecified atom stereocenters. The van der Waals surface area contributed by atoms with Gasteiger partial charge in [0, 0.05) is 34.2 Å². The van der Waals surface area contributed by atoms with Crippen molar-refractivity contribution in [1.29, 1.82) is 0 Å². The third-order valence-electron chi connectivity index (χ3n) is 7.60. The number of para-hydroxylation sites is 2. The van der Waals surface area contributed by atoms with E-state index in [0.717, 1.165) is 22.4 Å². The maximum Gasteiger partial charge on any atom is 0.138 e. The van der Waals surface area contributed by atoms with Crippen LogP contribution in [0.5, 0.6) is 0 Å². The summed E-state index contributed by atoms with van der Waals surface area (Å²) in [6.45, 7) is 0. The minimum Gasteiger partial charge on any atom is -0.317 e. The molecule has 8 aromatic rings. The number of hydrogen-bond donors (Lipinski definition) is 0. The Morgan fingerprint density at radius 3 is 2.11 bits per heavy atom. The molecule has 0 bridgehead atoms. The number of aromatic nitrogens is 3. The molecule has 3 heteroatoms. The van der Waals surface area contributed by atoms with Crippen LogP contribution in [0.3, 0.4) is 0 Å². The molecular formula is C35H23N3. The first-order valence-electron chi connectivity index (χ1n) is 12.9. The number of benzene rings is 5. The molecule has 8 rings (SSSR count). The number of rotatable bonds is 3. The maximum absolute atomic E-state index is 4.85. The van der Waals surface area contributed by atoms with Gasteiger partial charge in [0.05, 0.1) is 16.6 Å². The van der Waals surface area contributed by atoms with Crippen LogP contribution in [0.15, 0.2) is 140 Å². The van der Waals surface area contributed by atoms with Crippen molar-refractivity contribution in [3.63, 3.8) is 0 Å². The fourth-order valence-corrected chi connectivity index (χ4v) is 5.83. The van der Waals surface area contributed by atoms with E-state index in [1.54, 1.807) is 0 Å². The van der Waals surface area contributed by atoms with Crippen molar-refractivity contribution in [2.45, 2.75) is 0 Å². The van der Waals surface area contributed by atoms with Gasteiger partial charge in [0.1, 0.15) is 5.82 Å². The maximum atomic E-state index is 4.85. The van der Waals surface area contributed by atoms with Gasteiger partial charge < -0.3 is 4.57 Å². The summed E-state index contributed by atoms with van der Waals surface area (Å²) in [5.74, 6) is 0.922. The van der Waals surface area contributed by atoms with Gasteiger partial charge in [-0.3, -0.25) is 4.57 Å². The molecule has 0 aliphatic heterocycles. The molecule has 0 spiro atoms. The Labute approximate surface area is 219 Å². The molecule has 38 heavy (non-hydrogen) atoms. The van der Waals surface area contributed by atoms with Gasteiger partial charge in [-0.05, 0) is 76.5 Å². The van der Waals surface area contributed by atoms with Crippen LogP contribution < -0.4 is 0 Å². The molecule has 0 N–H and O–H groups in total. The van der Waals surface area contributed by atoms with E-state index in [1.807, 2.05) is 6.20 Å². The molecule has 0 amide bonds. The molecule has 3 nitrogen and oxygen atoms in total. The van der Waals surface area contributed by atoms with Crippen molar-refractivity contribution >= 4 is 43.5 Å². The molecule has 0 saturated heterocycles. The largest absolute Gasteiger partial charge is 0.317 e. The zero-order valence-electron chi connectivity index (χ0n) is 20.6. The molecule has 0 atom stereocenters. The lowest BCUT2D eigenvalue weighted by Crippen LogP contribution is -1.97. The highest BCUT2D eigenvalue weighted by molar-refractivity contribution is 6.18. The van der Waals surface area contributed by atoms with E-state index in [-0.39, 0.29) is 0 Å². The first-order valence-corrected chi connectivity index (χ1v) is 12.9. The smallest absolute Gasteiger partial charge is 0.138 e. The van der Waals surface area contributed by atoms with E-state index >= 15 is 0 Å². The zero-order chi connectivity index (χ0) is 25.1. The fourth-order valence-electron chi connectivity index (χ4n) is 5.83. The predicted molar refractivity (Wildman–Crippen MR) is 158 cm³/mol. The van der Waals surface area contributed by atoms with Crippen LogP contribution in [0.1, 0.15) is 0 Å². The molecule has 5 aromatic carbocycles. The van der Waals surface area contributed by atoms with Gasteiger partial charge in [0.25, 0.3) is 0 Å². The number of hydrogen-bond acceptors (Lipinski definition) is 1. The van der Waals surface area contributed by atoms with Crippen molar-refractivity contribution in [1.82, 2.24) is 14.1 Å². The van der Waals surface area contributed by atoms with Gasteiger partial charge in [-0.1, -0.05) is 72.8 Å². The van der Waals surface area contributed by atoms with Crippen LogP contribution >= 0.6 is 0 Å². The van der Waals surface area contributed by atoms with Gasteiger partial charge >= 0.3 is 0 Å². The minimum atomic E-state index is 0.922. The van der Waals surface area contributed by atoms with Gasteiger partial charge in [0.2, 0.25) is 0 Å². The predicted octanol–water partition coefficient (Wildman–Crippen LogP) is 8.94. The first-order chi connectivity index (χ1) is 18.8. The highest BCUT2D eigenvalue weighted by Crippen LogP contribution is 2.37. The van der Waals surface area contributed by atoms with Crippen LogP contribution in [0.4, 0.5) is 0 Å². The monoisotopic (exact) mass is 485 g/mol. The molecule has 0 radical (unpaired) electrons. The normalized spacial score (nSPS) is 11.7. The van der Waals surface area contributed by atoms with Crippen molar-refractivity contribution in [2.75, 3.05) is 0 Å². The van der Waals surface area contributed by atoms with Crippen LogP contribution in [0.2, 0.25) is 0 Å². The topological polar surface area (TPSA) is 22.8 Å². The summed E-state index contributed by atoms with van der Waals surface area (Å²) >= 11 is 0. The van der Waals surface area contributed by atoms with Crippen LogP contribution in [-0.2, 0) is 0 Å². The third-order valence-corrected chi connectivity index (χ3v) is 7.60. The van der Waals surface area contributed by atoms with E-state index in [2.05, 4.69) is 143 Å². The average Bonchev–Trinajstić information content (AvgIpc) is 3.56. The Hall–Kier alpha value is -5.15. The van der Waals surface area contributed by atoms with Gasteiger partial charge in [-0.15, -0.1) is 0 Å². The first kappa shape index (κ1) is 21.0. The molecule has 0 aliphatic carbocycles. The summed E-state index contributed by atoms with van der Waals surface area (Å²) < 4.78 is 4.57. The van der Waals surface area contributed by atoms with Crippen molar-refractivity contribution in [2.24, 2.45) is 0 Å². The number of pyridine rings is 1. The Morgan fingerprint density at radius 1 is 0.474 bits per heavy atom. The second kappa shape index (κ2) is 8.19. The Bertz CT molecular complexity index is 2120. The summed E-state index contributed by atoms with van der Waals surface area (Å²) in [6.07, 6.45) is 4.08. The number of fused-ring (bicyclic) bond motifs is 6. The number of nitrogens with zero attached hydrogens (tertiary/aromatic N) is 3. The average molecular weight is 486 g/mol. The lowest BCUT2D eigenvalue weighted by atomic mass is 10.0. The van der Waals surface area contributed by atoms with Crippen LogP contribution in [0, 0.1) is 0 Å². The van der Waals surface area contributed by atoms with Crippen molar-refractivity contribution < 1.29 is 0 Å². The standard InChI is InChI=1S/C35H23N3/c1-3-9-24(10-4-1)25-17-19-36-35(22-25)38-33-14-8-7-13-28(33)31-21-26-15-16-32-29(30(26)23-34(31)38)18-20-37(32)27-11-5-2-6-12-27/h1-23H. The quantitative estimate of drug-likeness (QED) is 0.245. The summed E-state index contributed by atoms with van der Waals surface area (Å²) in [6, 6.07) is 45.3. The second-order valence-corrected chi connectivity index (χ2v) is 9.73. The van der Waals surface area contributed by atoms with Gasteiger partial charge in [-0.2, -0.15) is 0 Å². The van der Waals surface area contributed by atoms with E-state index < -0.39 is 0 Å². The third kappa shape index (κ3) is 3.12. The molecule has 0 saturated carbocycles. The Kier molecular flexibility index (Phi) is 4.52. The van der Waals surface area contributed by atoms with Crippen LogP contribution in [-0.4, -0.2) is 14.1 Å². The fraction of sp³-hybridized carbons (Fsp3) is 0. The highest BCUT2D eigenvalue weighted by Gasteiger charge is 2.16. The van der Waals surface area contributed by atoms with E-state index in [9.17, 15) is 0 Å². The summed E-state index contributed by atoms with van der Waals surface area (Å²) in [4.78, 5) is 4.85. The molecule has 0 aliphatic rings. The zero-order valence-corrected chi connectivity index (χ0v) is 20.6. The molecule has 178 valence electrons. The van der Waals surface area contributed by atoms with Gasteiger partial charge in [-0.25, -0.2) is 4.98 Å². The molecular weight excluding hydrogens is 462 g/mol. The summed E-state index contributed by atoms with van der Waals surface area (Å²) in [5.41, 5.74) is 7.04. The molecule has 0 fully saturated rings. The highest BCUT2D eigenvalue weighted by atomic mass is 15.1. The summed E-state index contributed by atoms with van der Waals surface area (Å²) in [7, 11) is 0. The Balaban J connectivity index is 1.43. The Morgan fingerprint density at radius 2 is 1.24 bits per heavy atom. The SMILES string of the molecule is c1ccc(-c2ccnc(-n3c4ccccc4c4cc5ccc6c(ccn6-c6ccccc6)c5cc43)c2)cc1. The molecule has 3 aromatic heterocycles. The van der Waals surface area contributed by atoms with Gasteiger partial charge in [0.15, 0.2) is 0 Å². The van der Waals surface area contributed by atoms with Crippen molar-refractivity contribution in [3.05, 3.63) is 140 Å². The second-order valence-electron chi connectivity index (χ2n) is 9.73. The van der Waals surface area contributed by atoms with Crippen molar-refractivity contribution in [3.8, 4) is 22.6 Å². The lowest BCUT2D eigenvalue weighted by molar-refractivity contribution is 1.08. The molecule has 3 heterocycles. The minimum absolute atomic E-state index is 0.922. The summed E-state index contributed by atoms with van der Waals surface area (Å²) in [5, 5.41) is 6.20. The van der Waals surface area contributed by atoms with E-state index in [4.69, 9.17) is 4.98 Å². The lowest BCUT2D eigenvalue weighted by Gasteiger charge is -2.10.